The normalized spacial score (nSPS) is 17.3. The van der Waals surface area contributed by atoms with Crippen LogP contribution in [0.25, 0.3) is 0 Å². The molecule has 0 saturated heterocycles. The molecule has 1 saturated carbocycles. The predicted molar refractivity (Wildman–Crippen MR) is 81.8 cm³/mol. The molecule has 0 atom stereocenters. The van der Waals surface area contributed by atoms with Gasteiger partial charge < -0.3 is 14.8 Å². The van der Waals surface area contributed by atoms with Crippen LogP contribution in [0.1, 0.15) is 45.4 Å². The Balaban J connectivity index is 2.55. The van der Waals surface area contributed by atoms with Gasteiger partial charge in [0.2, 0.25) is 3.79 Å². The van der Waals surface area contributed by atoms with Crippen LogP contribution in [0.3, 0.4) is 0 Å². The summed E-state index contributed by atoms with van der Waals surface area (Å²) in [6, 6.07) is 0. The molecule has 0 unspecified atom stereocenters. The molecule has 21 heavy (non-hydrogen) atoms. The lowest BCUT2D eigenvalue weighted by molar-refractivity contribution is -0.151. The molecule has 1 rings (SSSR count). The highest BCUT2D eigenvalue weighted by molar-refractivity contribution is 6.67. The molecule has 0 spiro atoms. The van der Waals surface area contributed by atoms with Gasteiger partial charge in [-0.25, -0.2) is 9.59 Å². The maximum atomic E-state index is 12.2. The lowest BCUT2D eigenvalue weighted by Gasteiger charge is -2.27. The number of unbranched alkanes of at least 4 members (excludes halogenated alkanes) is 1. The predicted octanol–water partition coefficient (Wildman–Crippen LogP) is 3.74. The van der Waals surface area contributed by atoms with Gasteiger partial charge in [-0.05, 0) is 19.3 Å². The zero-order chi connectivity index (χ0) is 15.9. The van der Waals surface area contributed by atoms with E-state index in [1.807, 2.05) is 6.92 Å². The summed E-state index contributed by atoms with van der Waals surface area (Å²) in [5.41, 5.74) is -1.02. The van der Waals surface area contributed by atoms with Crippen molar-refractivity contribution >= 4 is 46.9 Å². The Morgan fingerprint density at radius 3 is 2.33 bits per heavy atom. The quantitative estimate of drug-likeness (QED) is 0.445. The fraction of sp³-hybridized carbons (Fsp3) is 0.846. The van der Waals surface area contributed by atoms with Gasteiger partial charge in [-0.15, -0.1) is 0 Å². The summed E-state index contributed by atoms with van der Waals surface area (Å²) in [5.74, 6) is -0.417. The lowest BCUT2D eigenvalue weighted by atomic mass is 9.98. The van der Waals surface area contributed by atoms with E-state index in [1.54, 1.807) is 0 Å². The Morgan fingerprint density at radius 2 is 1.81 bits per heavy atom. The SMILES string of the molecule is CCCCOC(=O)C1(NC(=O)OCC(Cl)(Cl)Cl)CCCC1. The first-order valence-corrected chi connectivity index (χ1v) is 8.11. The maximum Gasteiger partial charge on any atom is 0.408 e. The molecule has 1 aliphatic carbocycles. The van der Waals surface area contributed by atoms with Crippen LogP contribution >= 0.6 is 34.8 Å². The summed E-state index contributed by atoms with van der Waals surface area (Å²) in [5, 5.41) is 2.58. The number of nitrogens with one attached hydrogen (secondary N) is 1. The summed E-state index contributed by atoms with van der Waals surface area (Å²) in [7, 11) is 0. The van der Waals surface area contributed by atoms with E-state index in [2.05, 4.69) is 5.32 Å². The topological polar surface area (TPSA) is 64.6 Å². The van der Waals surface area contributed by atoms with E-state index in [1.165, 1.54) is 0 Å². The molecule has 5 nitrogen and oxygen atoms in total. The third kappa shape index (κ3) is 6.49. The number of carbonyl (C=O) groups is 2. The van der Waals surface area contributed by atoms with Gasteiger partial charge in [0.15, 0.2) is 0 Å². The van der Waals surface area contributed by atoms with Crippen LogP contribution in [-0.4, -0.2) is 34.6 Å². The monoisotopic (exact) mass is 359 g/mol. The fourth-order valence-corrected chi connectivity index (χ4v) is 2.35. The van der Waals surface area contributed by atoms with E-state index in [9.17, 15) is 9.59 Å². The molecule has 8 heteroatoms. The number of carbonyl (C=O) groups excluding carboxylic acids is 2. The van der Waals surface area contributed by atoms with Gasteiger partial charge >= 0.3 is 12.1 Å². The smallest absolute Gasteiger partial charge is 0.408 e. The van der Waals surface area contributed by atoms with Gasteiger partial charge in [0, 0.05) is 0 Å². The second-order valence-corrected chi connectivity index (χ2v) is 7.61. The highest BCUT2D eigenvalue weighted by Crippen LogP contribution is 2.31. The summed E-state index contributed by atoms with van der Waals surface area (Å²) in [6.07, 6.45) is 3.68. The number of halogens is 3. The average Bonchev–Trinajstić information content (AvgIpc) is 2.85. The van der Waals surface area contributed by atoms with Crippen molar-refractivity contribution in [2.45, 2.75) is 54.8 Å². The van der Waals surface area contributed by atoms with E-state index in [0.717, 1.165) is 25.7 Å². The van der Waals surface area contributed by atoms with Crippen molar-refractivity contribution < 1.29 is 19.1 Å². The van der Waals surface area contributed by atoms with Gasteiger partial charge in [-0.3, -0.25) is 0 Å². The fourth-order valence-electron chi connectivity index (χ4n) is 2.18. The number of rotatable bonds is 6. The Labute approximate surface area is 139 Å². The summed E-state index contributed by atoms with van der Waals surface area (Å²) in [6.45, 7) is 1.97. The van der Waals surface area contributed by atoms with Gasteiger partial charge in [-0.2, -0.15) is 0 Å². The molecule has 0 aromatic heterocycles. The molecule has 0 heterocycles. The first-order chi connectivity index (χ1) is 9.79. The number of ether oxygens (including phenoxy) is 2. The molecule has 0 bridgehead atoms. The lowest BCUT2D eigenvalue weighted by Crippen LogP contribution is -2.53. The average molecular weight is 361 g/mol. The molecule has 1 aliphatic rings. The van der Waals surface area contributed by atoms with E-state index in [0.29, 0.717) is 19.4 Å². The molecule has 0 aliphatic heterocycles. The summed E-state index contributed by atoms with van der Waals surface area (Å²) in [4.78, 5) is 24.0. The minimum absolute atomic E-state index is 0.349. The molecule has 0 aromatic carbocycles. The molecule has 0 aromatic rings. The van der Waals surface area contributed by atoms with Crippen molar-refractivity contribution in [2.24, 2.45) is 0 Å². The van der Waals surface area contributed by atoms with Crippen molar-refractivity contribution in [3.63, 3.8) is 0 Å². The summed E-state index contributed by atoms with van der Waals surface area (Å²) >= 11 is 16.5. The van der Waals surface area contributed by atoms with E-state index < -0.39 is 21.4 Å². The molecule has 122 valence electrons. The van der Waals surface area contributed by atoms with E-state index in [-0.39, 0.29) is 6.61 Å². The van der Waals surface area contributed by atoms with Crippen molar-refractivity contribution in [3.8, 4) is 0 Å². The van der Waals surface area contributed by atoms with Gasteiger partial charge in [0.05, 0.1) is 6.61 Å². The second kappa shape index (κ2) is 8.30. The van der Waals surface area contributed by atoms with Gasteiger partial charge in [-0.1, -0.05) is 61.0 Å². The van der Waals surface area contributed by atoms with Gasteiger partial charge in [0.25, 0.3) is 0 Å². The van der Waals surface area contributed by atoms with E-state index >= 15 is 0 Å². The molecular formula is C13H20Cl3NO4. The van der Waals surface area contributed by atoms with Crippen molar-refractivity contribution in [1.29, 1.82) is 0 Å². The maximum absolute atomic E-state index is 12.2. The summed E-state index contributed by atoms with van der Waals surface area (Å²) < 4.78 is 8.37. The molecule has 1 fully saturated rings. The number of alkyl carbamates (subject to hydrolysis) is 1. The largest absolute Gasteiger partial charge is 0.464 e. The third-order valence-corrected chi connectivity index (χ3v) is 3.61. The van der Waals surface area contributed by atoms with Gasteiger partial charge in [0.1, 0.15) is 12.1 Å². The van der Waals surface area contributed by atoms with Crippen LogP contribution in [-0.2, 0) is 14.3 Å². The standard InChI is InChI=1S/C13H20Cl3NO4/c1-2-3-8-20-10(18)12(6-4-5-7-12)17-11(19)21-9-13(14,15)16/h2-9H2,1H3,(H,17,19). The minimum Gasteiger partial charge on any atom is -0.464 e. The van der Waals surface area contributed by atoms with Crippen LogP contribution in [0.2, 0.25) is 0 Å². The molecule has 1 amide bonds. The van der Waals surface area contributed by atoms with Crippen molar-refractivity contribution in [2.75, 3.05) is 13.2 Å². The first kappa shape index (κ1) is 18.7. The minimum atomic E-state index is -1.68. The van der Waals surface area contributed by atoms with Crippen molar-refractivity contribution in [3.05, 3.63) is 0 Å². The number of esters is 1. The van der Waals surface area contributed by atoms with Crippen LogP contribution in [0.15, 0.2) is 0 Å². The number of amides is 1. The number of hydrogen-bond donors (Lipinski definition) is 1. The highest BCUT2D eigenvalue weighted by Gasteiger charge is 2.44. The van der Waals surface area contributed by atoms with Crippen LogP contribution in [0, 0.1) is 0 Å². The second-order valence-electron chi connectivity index (χ2n) is 5.09. The number of alkyl halides is 3. The van der Waals surface area contributed by atoms with E-state index in [4.69, 9.17) is 44.3 Å². The first-order valence-electron chi connectivity index (χ1n) is 6.98. The van der Waals surface area contributed by atoms with Crippen LogP contribution < -0.4 is 5.32 Å². The highest BCUT2D eigenvalue weighted by atomic mass is 35.6. The zero-order valence-electron chi connectivity index (χ0n) is 11.9. The zero-order valence-corrected chi connectivity index (χ0v) is 14.2. The Hall–Kier alpha value is -0.390. The van der Waals surface area contributed by atoms with Crippen LogP contribution in [0.5, 0.6) is 0 Å². The van der Waals surface area contributed by atoms with Crippen LogP contribution in [0.4, 0.5) is 4.79 Å². The molecule has 1 N–H and O–H groups in total. The Kier molecular flexibility index (Phi) is 7.37. The van der Waals surface area contributed by atoms with Crippen molar-refractivity contribution in [1.82, 2.24) is 5.32 Å². The third-order valence-electron chi connectivity index (χ3n) is 3.29. The Morgan fingerprint density at radius 1 is 1.19 bits per heavy atom. The molecular weight excluding hydrogens is 341 g/mol. The number of hydrogen-bond acceptors (Lipinski definition) is 4. The Bertz CT molecular complexity index is 365. The molecule has 0 radical (unpaired) electrons.